The van der Waals surface area contributed by atoms with Crippen LogP contribution in [0.4, 0.5) is 0 Å². The summed E-state index contributed by atoms with van der Waals surface area (Å²) in [6.45, 7) is 7.87. The molecule has 1 aliphatic rings. The van der Waals surface area contributed by atoms with Crippen LogP contribution in [0.15, 0.2) is 4.99 Å². The number of aliphatic imine (C=N–C) groups is 1. The molecule has 0 fully saturated rings. The fraction of sp³-hybridized carbons (Fsp3) is 0.900. The van der Waals surface area contributed by atoms with Crippen LogP contribution in [-0.4, -0.2) is 37.2 Å². The van der Waals surface area contributed by atoms with E-state index in [1.165, 1.54) is 5.75 Å². The molecule has 0 spiro atoms. The van der Waals surface area contributed by atoms with Gasteiger partial charge in [0.1, 0.15) is 0 Å². The highest BCUT2D eigenvalue weighted by atomic mass is 32.2. The molecule has 1 atom stereocenters. The molecule has 1 rings (SSSR count). The molecular formula is C10H20N2OS. The third-order valence-corrected chi connectivity index (χ3v) is 3.28. The Morgan fingerprint density at radius 2 is 2.50 bits per heavy atom. The average Bonchev–Trinajstić information content (AvgIpc) is 2.21. The predicted octanol–water partition coefficient (Wildman–Crippen LogP) is 1.74. The Kier molecular flexibility index (Phi) is 6.03. The topological polar surface area (TPSA) is 33.6 Å². The molecule has 0 aromatic rings. The Bertz CT molecular complexity index is 185. The van der Waals surface area contributed by atoms with Crippen molar-refractivity contribution >= 4 is 16.9 Å². The molecule has 1 heterocycles. The van der Waals surface area contributed by atoms with Crippen LogP contribution in [0.1, 0.15) is 20.3 Å². The zero-order chi connectivity index (χ0) is 10.2. The summed E-state index contributed by atoms with van der Waals surface area (Å²) in [4.78, 5) is 4.46. The third-order valence-electron chi connectivity index (χ3n) is 2.00. The van der Waals surface area contributed by atoms with Crippen LogP contribution in [0.25, 0.3) is 0 Å². The summed E-state index contributed by atoms with van der Waals surface area (Å²) in [5, 5.41) is 4.44. The molecule has 0 aromatic carbocycles. The molecule has 0 bridgehead atoms. The van der Waals surface area contributed by atoms with Crippen molar-refractivity contribution in [1.82, 2.24) is 5.32 Å². The van der Waals surface area contributed by atoms with Gasteiger partial charge in [-0.2, -0.15) is 0 Å². The second kappa shape index (κ2) is 7.12. The van der Waals surface area contributed by atoms with Gasteiger partial charge in [0.2, 0.25) is 0 Å². The van der Waals surface area contributed by atoms with Crippen molar-refractivity contribution in [3.63, 3.8) is 0 Å². The molecule has 0 aliphatic carbocycles. The lowest BCUT2D eigenvalue weighted by Gasteiger charge is -2.17. The van der Waals surface area contributed by atoms with Crippen molar-refractivity contribution < 1.29 is 4.74 Å². The maximum atomic E-state index is 5.25. The molecule has 0 saturated carbocycles. The average molecular weight is 216 g/mol. The second-order valence-corrected chi connectivity index (χ2v) is 4.55. The fourth-order valence-corrected chi connectivity index (χ4v) is 2.10. The number of rotatable bonds is 5. The summed E-state index contributed by atoms with van der Waals surface area (Å²) >= 11 is 1.83. The van der Waals surface area contributed by atoms with E-state index in [9.17, 15) is 0 Å². The molecule has 3 nitrogen and oxygen atoms in total. The summed E-state index contributed by atoms with van der Waals surface area (Å²) < 4.78 is 5.25. The summed E-state index contributed by atoms with van der Waals surface area (Å²) in [5.41, 5.74) is 0. The molecule has 0 saturated heterocycles. The first-order chi connectivity index (χ1) is 6.83. The Hall–Kier alpha value is -0.220. The van der Waals surface area contributed by atoms with Crippen LogP contribution in [0.5, 0.6) is 0 Å². The van der Waals surface area contributed by atoms with E-state index in [4.69, 9.17) is 4.74 Å². The van der Waals surface area contributed by atoms with Crippen molar-refractivity contribution in [2.45, 2.75) is 20.3 Å². The molecule has 82 valence electrons. The summed E-state index contributed by atoms with van der Waals surface area (Å²) in [7, 11) is 0. The minimum Gasteiger partial charge on any atom is -0.382 e. The van der Waals surface area contributed by atoms with Gasteiger partial charge in [0.25, 0.3) is 0 Å². The van der Waals surface area contributed by atoms with Gasteiger partial charge in [-0.3, -0.25) is 4.99 Å². The van der Waals surface area contributed by atoms with Crippen LogP contribution >= 0.6 is 11.8 Å². The van der Waals surface area contributed by atoms with E-state index in [0.717, 1.165) is 43.8 Å². The van der Waals surface area contributed by atoms with Crippen LogP contribution in [0.2, 0.25) is 0 Å². The minimum atomic E-state index is 0.731. The second-order valence-electron chi connectivity index (χ2n) is 3.54. The number of amidine groups is 1. The zero-order valence-electron chi connectivity index (χ0n) is 9.08. The van der Waals surface area contributed by atoms with Crippen molar-refractivity contribution in [2.75, 3.05) is 32.1 Å². The first-order valence-corrected chi connectivity index (χ1v) is 6.30. The van der Waals surface area contributed by atoms with Gasteiger partial charge >= 0.3 is 0 Å². The monoisotopic (exact) mass is 216 g/mol. The summed E-state index contributed by atoms with van der Waals surface area (Å²) in [5.74, 6) is 1.92. The van der Waals surface area contributed by atoms with E-state index in [2.05, 4.69) is 17.2 Å². The molecule has 4 heteroatoms. The number of thioether (sulfide) groups is 1. The summed E-state index contributed by atoms with van der Waals surface area (Å²) in [6.07, 6.45) is 1.06. The van der Waals surface area contributed by atoms with Crippen LogP contribution in [0.3, 0.4) is 0 Å². The van der Waals surface area contributed by atoms with Gasteiger partial charge in [-0.15, -0.1) is 0 Å². The number of hydrogen-bond donors (Lipinski definition) is 1. The lowest BCUT2D eigenvalue weighted by molar-refractivity contribution is 0.146. The first-order valence-electron chi connectivity index (χ1n) is 5.31. The molecule has 0 radical (unpaired) electrons. The Balaban J connectivity index is 2.01. The van der Waals surface area contributed by atoms with Gasteiger partial charge in [-0.05, 0) is 19.3 Å². The summed E-state index contributed by atoms with van der Waals surface area (Å²) in [6, 6.07) is 0. The lowest BCUT2D eigenvalue weighted by atomic mass is 10.2. The molecule has 0 amide bonds. The highest BCUT2D eigenvalue weighted by molar-refractivity contribution is 8.13. The van der Waals surface area contributed by atoms with Crippen LogP contribution in [0, 0.1) is 5.92 Å². The minimum absolute atomic E-state index is 0.731. The molecule has 0 aromatic heterocycles. The van der Waals surface area contributed by atoms with Gasteiger partial charge in [-0.25, -0.2) is 0 Å². The van der Waals surface area contributed by atoms with E-state index in [1.54, 1.807) is 0 Å². The van der Waals surface area contributed by atoms with E-state index in [0.29, 0.717) is 0 Å². The van der Waals surface area contributed by atoms with Crippen molar-refractivity contribution in [2.24, 2.45) is 10.9 Å². The van der Waals surface area contributed by atoms with E-state index >= 15 is 0 Å². The number of ether oxygens (including phenoxy) is 1. The highest BCUT2D eigenvalue weighted by Crippen LogP contribution is 2.15. The Labute approximate surface area is 90.7 Å². The van der Waals surface area contributed by atoms with Crippen molar-refractivity contribution in [3.05, 3.63) is 0 Å². The van der Waals surface area contributed by atoms with Crippen molar-refractivity contribution in [3.8, 4) is 0 Å². The molecule has 14 heavy (non-hydrogen) atoms. The van der Waals surface area contributed by atoms with Gasteiger partial charge in [-0.1, -0.05) is 18.7 Å². The molecule has 1 aliphatic heterocycles. The van der Waals surface area contributed by atoms with Crippen molar-refractivity contribution in [1.29, 1.82) is 0 Å². The zero-order valence-corrected chi connectivity index (χ0v) is 9.90. The van der Waals surface area contributed by atoms with E-state index in [-0.39, 0.29) is 0 Å². The maximum Gasteiger partial charge on any atom is 0.156 e. The van der Waals surface area contributed by atoms with Gasteiger partial charge in [0, 0.05) is 32.1 Å². The van der Waals surface area contributed by atoms with E-state index in [1.807, 2.05) is 18.7 Å². The number of nitrogens with one attached hydrogen (secondary N) is 1. The largest absolute Gasteiger partial charge is 0.382 e. The van der Waals surface area contributed by atoms with Crippen LogP contribution < -0.4 is 5.32 Å². The predicted molar refractivity (Wildman–Crippen MR) is 63.0 cm³/mol. The molecule has 1 unspecified atom stereocenters. The van der Waals surface area contributed by atoms with E-state index < -0.39 is 0 Å². The standard InChI is InChI=1S/C10H20N2OS/c1-3-13-6-4-5-11-10-12-7-9(2)8-14-10/h9H,3-8H2,1-2H3,(H,11,12). The first kappa shape index (κ1) is 11.9. The smallest absolute Gasteiger partial charge is 0.156 e. The van der Waals surface area contributed by atoms with Gasteiger partial charge in [0.05, 0.1) is 0 Å². The van der Waals surface area contributed by atoms with Gasteiger partial charge in [0.15, 0.2) is 5.17 Å². The Morgan fingerprint density at radius 3 is 3.14 bits per heavy atom. The maximum absolute atomic E-state index is 5.25. The number of hydrogen-bond acceptors (Lipinski definition) is 4. The Morgan fingerprint density at radius 1 is 1.64 bits per heavy atom. The lowest BCUT2D eigenvalue weighted by Crippen LogP contribution is -2.27. The quantitative estimate of drug-likeness (QED) is 0.711. The molecular weight excluding hydrogens is 196 g/mol. The highest BCUT2D eigenvalue weighted by Gasteiger charge is 2.10. The fourth-order valence-electron chi connectivity index (χ4n) is 1.18. The number of nitrogens with zero attached hydrogens (tertiary/aromatic N) is 1. The third kappa shape index (κ3) is 4.86. The SMILES string of the molecule is CCOCCCNC1=NCC(C)CS1. The van der Waals surface area contributed by atoms with Gasteiger partial charge < -0.3 is 10.1 Å². The van der Waals surface area contributed by atoms with Crippen LogP contribution in [-0.2, 0) is 4.74 Å². The normalized spacial score (nSPS) is 21.9. The molecule has 1 N–H and O–H groups in total.